The third kappa shape index (κ3) is 4.55. The largest absolute Gasteiger partial charge is 0.460 e. The molecule has 0 unspecified atom stereocenters. The van der Waals surface area contributed by atoms with E-state index in [9.17, 15) is 4.79 Å². The fraction of sp³-hybridized carbons (Fsp3) is 0.682. The Balaban J connectivity index is 1.93. The van der Waals surface area contributed by atoms with Crippen LogP contribution in [0, 0.1) is 3.57 Å². The van der Waals surface area contributed by atoms with Gasteiger partial charge >= 0.3 is 5.97 Å². The lowest BCUT2D eigenvalue weighted by molar-refractivity contribution is -0.154. The van der Waals surface area contributed by atoms with Gasteiger partial charge in [0.15, 0.2) is 0 Å². The lowest BCUT2D eigenvalue weighted by atomic mass is 9.72. The number of fused-ring (bicyclic) bond motifs is 1. The van der Waals surface area contributed by atoms with Crippen LogP contribution in [0.25, 0.3) is 0 Å². The first-order chi connectivity index (χ1) is 11.9. The van der Waals surface area contributed by atoms with Gasteiger partial charge in [-0.05, 0) is 93.8 Å². The summed E-state index contributed by atoms with van der Waals surface area (Å²) in [5, 5.41) is 0. The second-order valence-electron chi connectivity index (χ2n) is 9.39. The maximum atomic E-state index is 11.8. The molecular formula is C22H34INO2. The Labute approximate surface area is 173 Å². The minimum absolute atomic E-state index is 0.0743. The van der Waals surface area contributed by atoms with Gasteiger partial charge < -0.3 is 9.64 Å². The molecule has 0 N–H and O–H groups in total. The van der Waals surface area contributed by atoms with Crippen LogP contribution in [0.1, 0.15) is 79.7 Å². The van der Waals surface area contributed by atoms with Gasteiger partial charge in [0, 0.05) is 33.2 Å². The molecule has 1 aromatic rings. The summed E-state index contributed by atoms with van der Waals surface area (Å²) in [4.78, 5) is 14.4. The summed E-state index contributed by atoms with van der Waals surface area (Å²) in [6, 6.07) is 6.81. The molecule has 0 aromatic heterocycles. The average Bonchev–Trinajstić information content (AvgIpc) is 2.62. The predicted octanol–water partition coefficient (Wildman–Crippen LogP) is 6.07. The molecule has 1 aliphatic heterocycles. The maximum absolute atomic E-state index is 11.8. The zero-order chi connectivity index (χ0) is 19.8. The minimum Gasteiger partial charge on any atom is -0.460 e. The van der Waals surface area contributed by atoms with Crippen molar-refractivity contribution < 1.29 is 9.53 Å². The van der Waals surface area contributed by atoms with Gasteiger partial charge in [0.05, 0.1) is 0 Å². The Kier molecular flexibility index (Phi) is 6.36. The third-order valence-electron chi connectivity index (χ3n) is 5.81. The lowest BCUT2D eigenvalue weighted by Crippen LogP contribution is -2.51. The summed E-state index contributed by atoms with van der Waals surface area (Å²) in [7, 11) is 0. The van der Waals surface area contributed by atoms with Crippen LogP contribution in [-0.2, 0) is 14.9 Å². The van der Waals surface area contributed by atoms with E-state index >= 15 is 0 Å². The number of halogens is 1. The lowest BCUT2D eigenvalue weighted by Gasteiger charge is -2.42. The number of hydrogen-bond acceptors (Lipinski definition) is 3. The van der Waals surface area contributed by atoms with Gasteiger partial charge in [-0.15, -0.1) is 0 Å². The van der Waals surface area contributed by atoms with Crippen molar-refractivity contribution in [1.82, 2.24) is 0 Å². The van der Waals surface area contributed by atoms with Crippen molar-refractivity contribution in [2.75, 3.05) is 11.4 Å². The van der Waals surface area contributed by atoms with E-state index in [4.69, 9.17) is 4.74 Å². The van der Waals surface area contributed by atoms with Gasteiger partial charge in [0.2, 0.25) is 0 Å². The molecule has 0 aliphatic carbocycles. The predicted molar refractivity (Wildman–Crippen MR) is 118 cm³/mol. The van der Waals surface area contributed by atoms with Crippen molar-refractivity contribution >= 4 is 34.2 Å². The first-order valence-electron chi connectivity index (χ1n) is 9.66. The molecule has 0 atom stereocenters. The normalized spacial score (nSPS) is 17.9. The van der Waals surface area contributed by atoms with Crippen molar-refractivity contribution in [3.8, 4) is 0 Å². The molecule has 1 aromatic carbocycles. The Morgan fingerprint density at radius 2 is 1.77 bits per heavy atom. The van der Waals surface area contributed by atoms with E-state index in [-0.39, 0.29) is 22.5 Å². The minimum atomic E-state index is -0.385. The molecule has 0 bridgehead atoms. The van der Waals surface area contributed by atoms with Crippen LogP contribution in [-0.4, -0.2) is 23.7 Å². The molecule has 2 rings (SSSR count). The Morgan fingerprint density at radius 3 is 2.38 bits per heavy atom. The second-order valence-corrected chi connectivity index (χ2v) is 10.6. The standard InChI is InChI=1S/C22H34INO2/c1-20(2,3)26-19(25)11-9-8-10-14-24-18-13-12-16(23)15-17(18)21(4,5)22(24,6)7/h12-13,15H,8-11,14H2,1-7H3. The summed E-state index contributed by atoms with van der Waals surface area (Å²) in [6.45, 7) is 16.2. The number of esters is 1. The van der Waals surface area contributed by atoms with Gasteiger partial charge in [-0.1, -0.05) is 20.3 Å². The van der Waals surface area contributed by atoms with Crippen LogP contribution in [0.5, 0.6) is 0 Å². The summed E-state index contributed by atoms with van der Waals surface area (Å²) in [6.07, 6.45) is 3.55. The van der Waals surface area contributed by atoms with E-state index in [0.29, 0.717) is 6.42 Å². The summed E-state index contributed by atoms with van der Waals surface area (Å²) in [5.41, 5.74) is 2.62. The van der Waals surface area contributed by atoms with Gasteiger partial charge in [-0.3, -0.25) is 4.79 Å². The van der Waals surface area contributed by atoms with Crippen molar-refractivity contribution in [2.45, 2.75) is 90.7 Å². The molecule has 0 radical (unpaired) electrons. The van der Waals surface area contributed by atoms with Crippen molar-refractivity contribution in [2.24, 2.45) is 0 Å². The van der Waals surface area contributed by atoms with Crippen molar-refractivity contribution in [3.05, 3.63) is 27.3 Å². The first kappa shape index (κ1) is 21.5. The average molecular weight is 471 g/mol. The highest BCUT2D eigenvalue weighted by atomic mass is 127. The molecule has 0 spiro atoms. The highest BCUT2D eigenvalue weighted by molar-refractivity contribution is 14.1. The number of benzene rings is 1. The summed E-state index contributed by atoms with van der Waals surface area (Å²) >= 11 is 2.40. The SMILES string of the molecule is CC(C)(C)OC(=O)CCCCCN1c2ccc(I)cc2C(C)(C)C1(C)C. The molecule has 1 aliphatic rings. The number of ether oxygens (including phenoxy) is 1. The van der Waals surface area contributed by atoms with Crippen LogP contribution >= 0.6 is 22.6 Å². The first-order valence-corrected chi connectivity index (χ1v) is 10.7. The van der Waals surface area contributed by atoms with E-state index < -0.39 is 0 Å². The molecule has 26 heavy (non-hydrogen) atoms. The number of carbonyl (C=O) groups is 1. The van der Waals surface area contributed by atoms with Crippen molar-refractivity contribution in [3.63, 3.8) is 0 Å². The molecule has 146 valence electrons. The topological polar surface area (TPSA) is 29.5 Å². The van der Waals surface area contributed by atoms with Crippen LogP contribution < -0.4 is 4.90 Å². The zero-order valence-corrected chi connectivity index (χ0v) is 19.6. The van der Waals surface area contributed by atoms with Gasteiger partial charge in [0.1, 0.15) is 5.60 Å². The smallest absolute Gasteiger partial charge is 0.306 e. The second kappa shape index (κ2) is 7.69. The molecule has 0 fully saturated rings. The van der Waals surface area contributed by atoms with Crippen molar-refractivity contribution in [1.29, 1.82) is 0 Å². The molecule has 4 heteroatoms. The van der Waals surface area contributed by atoms with E-state index in [2.05, 4.69) is 73.4 Å². The summed E-state index contributed by atoms with van der Waals surface area (Å²) in [5.74, 6) is -0.0833. The van der Waals surface area contributed by atoms with Crippen LogP contribution in [0.2, 0.25) is 0 Å². The number of nitrogens with zero attached hydrogens (tertiary/aromatic N) is 1. The monoisotopic (exact) mass is 471 g/mol. The number of carbonyl (C=O) groups excluding carboxylic acids is 1. The Bertz CT molecular complexity index is 659. The van der Waals surface area contributed by atoms with E-state index in [1.54, 1.807) is 0 Å². The fourth-order valence-corrected chi connectivity index (χ4v) is 4.21. The third-order valence-corrected chi connectivity index (χ3v) is 6.48. The molecule has 3 nitrogen and oxygen atoms in total. The maximum Gasteiger partial charge on any atom is 0.306 e. The highest BCUT2D eigenvalue weighted by Gasteiger charge is 2.50. The van der Waals surface area contributed by atoms with E-state index in [0.717, 1.165) is 25.8 Å². The fourth-order valence-electron chi connectivity index (χ4n) is 3.72. The number of rotatable bonds is 6. The number of hydrogen-bond donors (Lipinski definition) is 0. The molecule has 0 saturated carbocycles. The molecule has 0 amide bonds. The van der Waals surface area contributed by atoms with E-state index in [1.165, 1.54) is 14.8 Å². The molecule has 1 heterocycles. The van der Waals surface area contributed by atoms with Gasteiger partial charge in [0.25, 0.3) is 0 Å². The molecule has 0 saturated heterocycles. The quantitative estimate of drug-likeness (QED) is 0.287. The van der Waals surface area contributed by atoms with Gasteiger partial charge in [-0.25, -0.2) is 0 Å². The Hall–Kier alpha value is -0.780. The molecular weight excluding hydrogens is 437 g/mol. The van der Waals surface area contributed by atoms with Gasteiger partial charge in [-0.2, -0.15) is 0 Å². The zero-order valence-electron chi connectivity index (χ0n) is 17.4. The van der Waals surface area contributed by atoms with Crippen LogP contribution in [0.15, 0.2) is 18.2 Å². The van der Waals surface area contributed by atoms with E-state index in [1.807, 2.05) is 20.8 Å². The van der Waals surface area contributed by atoms with Crippen LogP contribution in [0.3, 0.4) is 0 Å². The summed E-state index contributed by atoms with van der Waals surface area (Å²) < 4.78 is 6.68. The highest BCUT2D eigenvalue weighted by Crippen LogP contribution is 2.51. The number of unbranched alkanes of at least 4 members (excludes halogenated alkanes) is 2. The Morgan fingerprint density at radius 1 is 1.12 bits per heavy atom. The number of anilines is 1. The van der Waals surface area contributed by atoms with Crippen LogP contribution in [0.4, 0.5) is 5.69 Å².